The molecule has 1 aromatic heterocycles. The van der Waals surface area contributed by atoms with Gasteiger partial charge < -0.3 is 12.4 Å². The van der Waals surface area contributed by atoms with Gasteiger partial charge in [-0.3, -0.25) is 0 Å². The Bertz CT molecular complexity index is 942. The SMILES string of the molecule is CC(C)c1cccc(C(C)C)c1-n1c[n+](-c2c(C(C)C)cccc2C(C)C)c(Cl)c1Cl.[Cl-]. The van der Waals surface area contributed by atoms with Gasteiger partial charge in [0.05, 0.1) is 0 Å². The highest BCUT2D eigenvalue weighted by molar-refractivity contribution is 6.40. The molecule has 3 aromatic rings. The van der Waals surface area contributed by atoms with E-state index in [-0.39, 0.29) is 12.4 Å². The van der Waals surface area contributed by atoms with Crippen LogP contribution in [0.1, 0.15) is 101 Å². The van der Waals surface area contributed by atoms with E-state index in [1.165, 1.54) is 22.3 Å². The predicted molar refractivity (Wildman–Crippen MR) is 134 cm³/mol. The van der Waals surface area contributed by atoms with E-state index in [1.807, 2.05) is 0 Å². The standard InChI is InChI=1S/C27H35Cl2N2.ClH/c1-16(2)20-11-9-12-21(17(3)4)24(20)30-15-31(27(29)26(30)28)25-22(18(5)6)13-10-14-23(25)19(7)8;/h9-19H,1-8H3;1H/q+1;/p-1. The fraction of sp³-hybridized carbons (Fsp3) is 0.444. The van der Waals surface area contributed by atoms with E-state index < -0.39 is 0 Å². The Labute approximate surface area is 210 Å². The van der Waals surface area contributed by atoms with Crippen LogP contribution in [0.3, 0.4) is 0 Å². The number of aromatic nitrogens is 2. The minimum Gasteiger partial charge on any atom is -1.00 e. The number of halogens is 3. The second kappa shape index (κ2) is 10.6. The van der Waals surface area contributed by atoms with Crippen LogP contribution < -0.4 is 17.0 Å². The Morgan fingerprint density at radius 3 is 1.41 bits per heavy atom. The quantitative estimate of drug-likeness (QED) is 0.398. The third-order valence-electron chi connectivity index (χ3n) is 5.99. The average molecular weight is 494 g/mol. The molecule has 5 heteroatoms. The third-order valence-corrected chi connectivity index (χ3v) is 6.81. The zero-order valence-corrected chi connectivity index (χ0v) is 22.6. The zero-order chi connectivity index (χ0) is 23.0. The van der Waals surface area contributed by atoms with Crippen molar-refractivity contribution in [2.45, 2.75) is 79.1 Å². The number of benzene rings is 2. The molecule has 2 nitrogen and oxygen atoms in total. The summed E-state index contributed by atoms with van der Waals surface area (Å²) in [5.41, 5.74) is 7.38. The van der Waals surface area contributed by atoms with Gasteiger partial charge in [-0.25, -0.2) is 0 Å². The van der Waals surface area contributed by atoms with E-state index in [1.54, 1.807) is 0 Å². The summed E-state index contributed by atoms with van der Waals surface area (Å²) in [7, 11) is 0. The average Bonchev–Trinajstić information content (AvgIpc) is 3.00. The zero-order valence-electron chi connectivity index (χ0n) is 20.4. The van der Waals surface area contributed by atoms with Crippen molar-refractivity contribution >= 4 is 23.2 Å². The first kappa shape index (κ1) is 26.8. The Hall–Kier alpha value is -1.48. The van der Waals surface area contributed by atoms with Gasteiger partial charge in [0.1, 0.15) is 11.4 Å². The lowest BCUT2D eigenvalue weighted by atomic mass is 9.92. The molecule has 0 aliphatic heterocycles. The highest BCUT2D eigenvalue weighted by Gasteiger charge is 2.30. The molecule has 0 unspecified atom stereocenters. The van der Waals surface area contributed by atoms with Crippen molar-refractivity contribution in [3.63, 3.8) is 0 Å². The molecule has 2 aromatic carbocycles. The lowest BCUT2D eigenvalue weighted by molar-refractivity contribution is -0.593. The minimum absolute atomic E-state index is 0. The Kier molecular flexibility index (Phi) is 8.90. The lowest BCUT2D eigenvalue weighted by Crippen LogP contribution is -3.00. The number of rotatable bonds is 6. The van der Waals surface area contributed by atoms with Crippen molar-refractivity contribution in [1.29, 1.82) is 0 Å². The summed E-state index contributed by atoms with van der Waals surface area (Å²) in [5.74, 6) is 1.48. The summed E-state index contributed by atoms with van der Waals surface area (Å²) < 4.78 is 4.16. The number of hydrogen-bond donors (Lipinski definition) is 0. The fourth-order valence-electron chi connectivity index (χ4n) is 4.31. The van der Waals surface area contributed by atoms with E-state index in [0.29, 0.717) is 34.0 Å². The summed E-state index contributed by atoms with van der Waals surface area (Å²) in [6.07, 6.45) is 2.07. The van der Waals surface area contributed by atoms with Crippen molar-refractivity contribution in [2.24, 2.45) is 0 Å². The van der Waals surface area contributed by atoms with Gasteiger partial charge in [0.25, 0.3) is 16.6 Å². The van der Waals surface area contributed by atoms with Gasteiger partial charge >= 0.3 is 0 Å². The smallest absolute Gasteiger partial charge is 0.260 e. The number of imidazole rings is 1. The Morgan fingerprint density at radius 1 is 0.656 bits per heavy atom. The summed E-state index contributed by atoms with van der Waals surface area (Å²) in [4.78, 5) is 0. The van der Waals surface area contributed by atoms with Crippen molar-refractivity contribution < 1.29 is 17.0 Å². The van der Waals surface area contributed by atoms with Crippen molar-refractivity contribution in [3.8, 4) is 11.4 Å². The van der Waals surface area contributed by atoms with Gasteiger partial charge in [-0.15, -0.1) is 0 Å². The van der Waals surface area contributed by atoms with E-state index in [0.717, 1.165) is 11.4 Å². The maximum absolute atomic E-state index is 6.93. The van der Waals surface area contributed by atoms with Crippen molar-refractivity contribution in [3.05, 3.63) is 75.3 Å². The van der Waals surface area contributed by atoms with Crippen LogP contribution in [-0.2, 0) is 0 Å². The largest absolute Gasteiger partial charge is 1.00 e. The summed E-state index contributed by atoms with van der Waals surface area (Å²) in [6, 6.07) is 13.1. The maximum atomic E-state index is 6.93. The molecule has 0 saturated heterocycles. The van der Waals surface area contributed by atoms with Crippen LogP contribution >= 0.6 is 23.2 Å². The fourth-order valence-corrected chi connectivity index (χ4v) is 4.75. The highest BCUT2D eigenvalue weighted by atomic mass is 35.5. The Morgan fingerprint density at radius 2 is 1.03 bits per heavy atom. The van der Waals surface area contributed by atoms with E-state index >= 15 is 0 Å². The second-order valence-corrected chi connectivity index (χ2v) is 10.3. The molecule has 0 spiro atoms. The van der Waals surface area contributed by atoms with Crippen LogP contribution in [0, 0.1) is 0 Å². The molecule has 0 amide bonds. The first-order chi connectivity index (χ1) is 14.6. The lowest BCUT2D eigenvalue weighted by Gasteiger charge is -2.17. The molecule has 0 bridgehead atoms. The van der Waals surface area contributed by atoms with Crippen LogP contribution in [0.4, 0.5) is 0 Å². The molecule has 1 heterocycles. The number of nitrogens with zero attached hydrogens (tertiary/aromatic N) is 2. The number of hydrogen-bond acceptors (Lipinski definition) is 0. The molecule has 3 rings (SSSR count). The van der Waals surface area contributed by atoms with Gasteiger partial charge in [-0.05, 0) is 46.9 Å². The van der Waals surface area contributed by atoms with Crippen LogP contribution in [0.25, 0.3) is 11.4 Å². The molecule has 0 radical (unpaired) electrons. The van der Waals surface area contributed by atoms with Crippen LogP contribution in [0.2, 0.25) is 10.3 Å². The number of para-hydroxylation sites is 2. The maximum Gasteiger partial charge on any atom is 0.260 e. The minimum atomic E-state index is 0. The molecular formula is C27H35Cl3N2. The molecule has 0 fully saturated rings. The van der Waals surface area contributed by atoms with Crippen molar-refractivity contribution in [2.75, 3.05) is 0 Å². The summed E-state index contributed by atoms with van der Waals surface area (Å²) in [5, 5.41) is 1.09. The van der Waals surface area contributed by atoms with Gasteiger partial charge in [-0.2, -0.15) is 9.13 Å². The van der Waals surface area contributed by atoms with E-state index in [9.17, 15) is 0 Å². The van der Waals surface area contributed by atoms with E-state index in [4.69, 9.17) is 23.2 Å². The van der Waals surface area contributed by atoms with Gasteiger partial charge in [0.15, 0.2) is 0 Å². The van der Waals surface area contributed by atoms with Crippen LogP contribution in [0.5, 0.6) is 0 Å². The molecular weight excluding hydrogens is 459 g/mol. The summed E-state index contributed by atoms with van der Waals surface area (Å²) >= 11 is 13.9. The molecule has 0 aliphatic rings. The van der Waals surface area contributed by atoms with Crippen LogP contribution in [-0.4, -0.2) is 4.57 Å². The molecule has 0 N–H and O–H groups in total. The first-order valence-electron chi connectivity index (χ1n) is 11.3. The summed E-state index contributed by atoms with van der Waals surface area (Å²) in [6.45, 7) is 17.8. The third kappa shape index (κ3) is 4.88. The first-order valence-corrected chi connectivity index (χ1v) is 12.1. The monoisotopic (exact) mass is 492 g/mol. The van der Waals surface area contributed by atoms with Gasteiger partial charge in [-0.1, -0.05) is 91.8 Å². The van der Waals surface area contributed by atoms with Crippen LogP contribution in [0.15, 0.2) is 42.7 Å². The molecule has 0 atom stereocenters. The van der Waals surface area contributed by atoms with Gasteiger partial charge in [0, 0.05) is 22.3 Å². The molecule has 0 aliphatic carbocycles. The van der Waals surface area contributed by atoms with Crippen molar-refractivity contribution in [1.82, 2.24) is 4.57 Å². The second-order valence-electron chi connectivity index (χ2n) is 9.63. The van der Waals surface area contributed by atoms with E-state index in [2.05, 4.69) is 107 Å². The molecule has 32 heavy (non-hydrogen) atoms. The normalized spacial score (nSPS) is 11.7. The van der Waals surface area contributed by atoms with Gasteiger partial charge in [0.2, 0.25) is 0 Å². The molecule has 174 valence electrons. The predicted octanol–water partition coefficient (Wildman–Crippen LogP) is 5.56. The topological polar surface area (TPSA) is 8.81 Å². The molecule has 0 saturated carbocycles. The Balaban J connectivity index is 0.00000363. The highest BCUT2D eigenvalue weighted by Crippen LogP contribution is 2.36.